The minimum Gasteiger partial charge on any atom is -0.334 e. The molecule has 0 N–H and O–H groups in total. The molecule has 0 atom stereocenters. The molecule has 1 aliphatic heterocycles. The Bertz CT molecular complexity index is 583. The average molecular weight is 296 g/mol. The molecule has 2 heteroatoms. The summed E-state index contributed by atoms with van der Waals surface area (Å²) >= 11 is 0. The third-order valence-electron chi connectivity index (χ3n) is 4.92. The van der Waals surface area contributed by atoms with Gasteiger partial charge < -0.3 is 4.57 Å². The lowest BCUT2D eigenvalue weighted by atomic mass is 10.0. The van der Waals surface area contributed by atoms with Crippen molar-refractivity contribution in [2.45, 2.75) is 64.2 Å². The molecule has 0 fully saturated rings. The summed E-state index contributed by atoms with van der Waals surface area (Å²) in [4.78, 5) is 5.01. The van der Waals surface area contributed by atoms with Gasteiger partial charge in [0.05, 0.1) is 5.69 Å². The van der Waals surface area contributed by atoms with E-state index in [1.165, 1.54) is 74.1 Å². The van der Waals surface area contributed by atoms with Crippen LogP contribution in [0.25, 0.3) is 11.3 Å². The zero-order chi connectivity index (χ0) is 15.2. The predicted molar refractivity (Wildman–Crippen MR) is 93.0 cm³/mol. The van der Waals surface area contributed by atoms with Gasteiger partial charge in [-0.05, 0) is 19.3 Å². The van der Waals surface area contributed by atoms with Crippen LogP contribution in [0.1, 0.15) is 62.9 Å². The SMILES string of the molecule is Cn1c2nc(-c3ccccc3)c1CCCCCCCCCC2. The highest BCUT2D eigenvalue weighted by Gasteiger charge is 2.15. The van der Waals surface area contributed by atoms with E-state index in [2.05, 4.69) is 41.9 Å². The molecule has 0 amide bonds. The van der Waals surface area contributed by atoms with Crippen molar-refractivity contribution in [1.29, 1.82) is 0 Å². The summed E-state index contributed by atoms with van der Waals surface area (Å²) in [5.74, 6) is 1.27. The van der Waals surface area contributed by atoms with Gasteiger partial charge in [0.15, 0.2) is 0 Å². The molecule has 1 aromatic heterocycles. The lowest BCUT2D eigenvalue weighted by molar-refractivity contribution is 0.568. The van der Waals surface area contributed by atoms with E-state index in [1.807, 2.05) is 0 Å². The summed E-state index contributed by atoms with van der Waals surface area (Å²) in [5, 5.41) is 0. The van der Waals surface area contributed by atoms with Crippen molar-refractivity contribution in [3.05, 3.63) is 41.9 Å². The van der Waals surface area contributed by atoms with Gasteiger partial charge in [-0.1, -0.05) is 68.9 Å². The van der Waals surface area contributed by atoms with Crippen LogP contribution in [-0.2, 0) is 19.9 Å². The number of benzene rings is 1. The van der Waals surface area contributed by atoms with Crippen molar-refractivity contribution in [3.63, 3.8) is 0 Å². The molecule has 2 heterocycles. The molecule has 0 unspecified atom stereocenters. The van der Waals surface area contributed by atoms with Gasteiger partial charge >= 0.3 is 0 Å². The molecule has 1 aliphatic rings. The maximum absolute atomic E-state index is 5.01. The van der Waals surface area contributed by atoms with E-state index >= 15 is 0 Å². The molecule has 0 spiro atoms. The van der Waals surface area contributed by atoms with Crippen LogP contribution in [0.4, 0.5) is 0 Å². The van der Waals surface area contributed by atoms with Crippen molar-refractivity contribution < 1.29 is 0 Å². The first kappa shape index (κ1) is 15.3. The first-order valence-electron chi connectivity index (χ1n) is 8.96. The van der Waals surface area contributed by atoms with Gasteiger partial charge in [0, 0.05) is 24.7 Å². The summed E-state index contributed by atoms with van der Waals surface area (Å²) < 4.78 is 2.38. The van der Waals surface area contributed by atoms with Crippen molar-refractivity contribution >= 4 is 0 Å². The average Bonchev–Trinajstić information content (AvgIpc) is 2.87. The maximum atomic E-state index is 5.01. The molecule has 0 saturated heterocycles. The van der Waals surface area contributed by atoms with Gasteiger partial charge in [0.2, 0.25) is 0 Å². The third kappa shape index (κ3) is 3.60. The van der Waals surface area contributed by atoms with Crippen LogP contribution in [0, 0.1) is 0 Å². The Morgan fingerprint density at radius 3 is 2.05 bits per heavy atom. The Balaban J connectivity index is 1.90. The van der Waals surface area contributed by atoms with Gasteiger partial charge in [0.1, 0.15) is 5.82 Å². The smallest absolute Gasteiger partial charge is 0.109 e. The Hall–Kier alpha value is -1.57. The lowest BCUT2D eigenvalue weighted by Crippen LogP contribution is -2.02. The number of fused-ring (bicyclic) bond motifs is 2. The number of aryl methyl sites for hydroxylation is 1. The second kappa shape index (κ2) is 7.62. The van der Waals surface area contributed by atoms with E-state index in [9.17, 15) is 0 Å². The highest BCUT2D eigenvalue weighted by atomic mass is 15.1. The highest BCUT2D eigenvalue weighted by molar-refractivity contribution is 5.62. The summed E-state index contributed by atoms with van der Waals surface area (Å²) in [6.45, 7) is 0. The second-order valence-electron chi connectivity index (χ2n) is 6.58. The molecular formula is C20H28N2. The standard InChI is InChI=1S/C20H28N2/c1-22-18-15-11-6-4-2-3-5-7-12-16-19(22)21-20(18)17-13-9-8-10-14-17/h8-10,13-14H,2-7,11-12,15-16H2,1H3. The monoisotopic (exact) mass is 296 g/mol. The summed E-state index contributed by atoms with van der Waals surface area (Å²) in [6, 6.07) is 10.7. The lowest BCUT2D eigenvalue weighted by Gasteiger charge is -2.07. The highest BCUT2D eigenvalue weighted by Crippen LogP contribution is 2.26. The Morgan fingerprint density at radius 1 is 0.773 bits per heavy atom. The fourth-order valence-corrected chi connectivity index (χ4v) is 3.56. The van der Waals surface area contributed by atoms with Crippen LogP contribution >= 0.6 is 0 Å². The van der Waals surface area contributed by atoms with Crippen LogP contribution in [0.15, 0.2) is 30.3 Å². The van der Waals surface area contributed by atoms with Crippen molar-refractivity contribution in [1.82, 2.24) is 9.55 Å². The summed E-state index contributed by atoms with van der Waals surface area (Å²) in [7, 11) is 2.21. The molecule has 0 aliphatic carbocycles. The van der Waals surface area contributed by atoms with Crippen LogP contribution in [0.2, 0.25) is 0 Å². The van der Waals surface area contributed by atoms with E-state index < -0.39 is 0 Å². The fraction of sp³-hybridized carbons (Fsp3) is 0.550. The van der Waals surface area contributed by atoms with E-state index in [4.69, 9.17) is 4.98 Å². The van der Waals surface area contributed by atoms with Crippen LogP contribution in [0.5, 0.6) is 0 Å². The minimum absolute atomic E-state index is 1.12. The number of hydrogen-bond donors (Lipinski definition) is 0. The molecule has 2 nitrogen and oxygen atoms in total. The van der Waals surface area contributed by atoms with Crippen molar-refractivity contribution in [2.75, 3.05) is 0 Å². The quantitative estimate of drug-likeness (QED) is 0.697. The number of imidazole rings is 1. The van der Waals surface area contributed by atoms with Gasteiger partial charge in [-0.3, -0.25) is 0 Å². The zero-order valence-electron chi connectivity index (χ0n) is 13.9. The normalized spacial score (nSPS) is 17.3. The van der Waals surface area contributed by atoms with E-state index in [1.54, 1.807) is 0 Å². The third-order valence-corrected chi connectivity index (χ3v) is 4.92. The summed E-state index contributed by atoms with van der Waals surface area (Å²) in [5.41, 5.74) is 3.92. The van der Waals surface area contributed by atoms with E-state index in [0.29, 0.717) is 0 Å². The number of nitrogens with zero attached hydrogens (tertiary/aromatic N) is 2. The molecule has 0 radical (unpaired) electrons. The largest absolute Gasteiger partial charge is 0.334 e. The topological polar surface area (TPSA) is 17.8 Å². The molecular weight excluding hydrogens is 268 g/mol. The fourth-order valence-electron chi connectivity index (χ4n) is 3.56. The first-order chi connectivity index (χ1) is 10.9. The van der Waals surface area contributed by atoms with Crippen LogP contribution in [0.3, 0.4) is 0 Å². The Morgan fingerprint density at radius 2 is 1.36 bits per heavy atom. The zero-order valence-corrected chi connectivity index (χ0v) is 13.9. The van der Waals surface area contributed by atoms with Crippen LogP contribution in [-0.4, -0.2) is 9.55 Å². The van der Waals surface area contributed by atoms with Gasteiger partial charge in [-0.15, -0.1) is 0 Å². The molecule has 2 bridgehead atoms. The summed E-state index contributed by atoms with van der Waals surface area (Å²) in [6.07, 6.45) is 13.2. The molecule has 2 aromatic rings. The Kier molecular flexibility index (Phi) is 5.31. The van der Waals surface area contributed by atoms with Crippen molar-refractivity contribution in [3.8, 4) is 11.3 Å². The molecule has 0 saturated carbocycles. The van der Waals surface area contributed by atoms with Gasteiger partial charge in [-0.2, -0.15) is 0 Å². The van der Waals surface area contributed by atoms with Gasteiger partial charge in [0.25, 0.3) is 0 Å². The van der Waals surface area contributed by atoms with E-state index in [0.717, 1.165) is 12.8 Å². The number of hydrogen-bond acceptors (Lipinski definition) is 1. The number of aromatic nitrogens is 2. The minimum atomic E-state index is 1.12. The maximum Gasteiger partial charge on any atom is 0.109 e. The predicted octanol–water partition coefficient (Wildman–Crippen LogP) is 5.31. The number of rotatable bonds is 1. The molecule has 22 heavy (non-hydrogen) atoms. The van der Waals surface area contributed by atoms with Crippen molar-refractivity contribution in [2.24, 2.45) is 7.05 Å². The Labute approximate surface area is 134 Å². The molecule has 1 aromatic carbocycles. The van der Waals surface area contributed by atoms with E-state index in [-0.39, 0.29) is 0 Å². The van der Waals surface area contributed by atoms with Gasteiger partial charge in [-0.25, -0.2) is 4.98 Å². The molecule has 3 rings (SSSR count). The van der Waals surface area contributed by atoms with Crippen LogP contribution < -0.4 is 0 Å². The second-order valence-corrected chi connectivity index (χ2v) is 6.58. The first-order valence-corrected chi connectivity index (χ1v) is 8.96. The molecule has 118 valence electrons.